The lowest BCUT2D eigenvalue weighted by Gasteiger charge is -2.28. The van der Waals surface area contributed by atoms with Gasteiger partial charge in [-0.3, -0.25) is 9.48 Å². The van der Waals surface area contributed by atoms with Crippen LogP contribution < -0.4 is 5.32 Å². The molecule has 1 N–H and O–H groups in total. The van der Waals surface area contributed by atoms with Gasteiger partial charge in [-0.2, -0.15) is 5.10 Å². The monoisotopic (exact) mass is 307 g/mol. The molecule has 1 aliphatic rings. The summed E-state index contributed by atoms with van der Waals surface area (Å²) < 4.78 is 7.33. The molecular weight excluding hydrogens is 278 g/mol. The Morgan fingerprint density at radius 3 is 2.73 bits per heavy atom. The Labute approximate surface area is 133 Å². The van der Waals surface area contributed by atoms with Crippen LogP contribution in [-0.4, -0.2) is 35.9 Å². The van der Waals surface area contributed by atoms with Crippen LogP contribution in [0.1, 0.15) is 49.9 Å². The number of carbonyl (C=O) groups excluding carboxylic acids is 1. The number of aromatic nitrogens is 2. The number of hydrogen-bond donors (Lipinski definition) is 1. The number of nitrogens with zero attached hydrogens (tertiary/aromatic N) is 2. The van der Waals surface area contributed by atoms with Crippen molar-refractivity contribution in [3.8, 4) is 0 Å². The Morgan fingerprint density at radius 1 is 1.41 bits per heavy atom. The maximum absolute atomic E-state index is 12.0. The van der Waals surface area contributed by atoms with E-state index in [1.807, 2.05) is 11.6 Å². The molecule has 22 heavy (non-hydrogen) atoms. The minimum Gasteiger partial charge on any atom is -0.384 e. The molecule has 124 valence electrons. The van der Waals surface area contributed by atoms with Crippen molar-refractivity contribution in [3.05, 3.63) is 17.5 Å². The van der Waals surface area contributed by atoms with Crippen molar-refractivity contribution < 1.29 is 9.53 Å². The van der Waals surface area contributed by atoms with Crippen LogP contribution in [0.15, 0.2) is 6.07 Å². The zero-order valence-corrected chi connectivity index (χ0v) is 14.2. The Morgan fingerprint density at radius 2 is 2.14 bits per heavy atom. The van der Waals surface area contributed by atoms with Crippen molar-refractivity contribution in [3.63, 3.8) is 0 Å². The number of nitrogens with one attached hydrogen (secondary N) is 1. The van der Waals surface area contributed by atoms with E-state index in [1.54, 1.807) is 7.11 Å². The van der Waals surface area contributed by atoms with Gasteiger partial charge in [0.05, 0.1) is 12.3 Å². The maximum Gasteiger partial charge on any atom is 0.220 e. The predicted octanol–water partition coefficient (Wildman–Crippen LogP) is 2.60. The molecule has 0 spiro atoms. The topological polar surface area (TPSA) is 56.1 Å². The number of aryl methyl sites for hydroxylation is 3. The van der Waals surface area contributed by atoms with Crippen molar-refractivity contribution in [2.45, 2.75) is 58.9 Å². The molecule has 0 atom stereocenters. The lowest BCUT2D eigenvalue weighted by atomic mass is 9.87. The van der Waals surface area contributed by atoms with E-state index in [0.717, 1.165) is 50.3 Å². The molecule has 0 aliphatic heterocycles. The van der Waals surface area contributed by atoms with Gasteiger partial charge in [0.25, 0.3) is 0 Å². The summed E-state index contributed by atoms with van der Waals surface area (Å²) in [5.41, 5.74) is 2.35. The fourth-order valence-electron chi connectivity index (χ4n) is 3.47. The summed E-state index contributed by atoms with van der Waals surface area (Å²) in [5, 5.41) is 7.53. The normalized spacial score (nSPS) is 16.9. The number of ether oxygens (including phenoxy) is 1. The molecule has 0 bridgehead atoms. The van der Waals surface area contributed by atoms with Gasteiger partial charge < -0.3 is 10.1 Å². The Balaban J connectivity index is 1.70. The fourth-order valence-corrected chi connectivity index (χ4v) is 3.47. The molecule has 0 unspecified atom stereocenters. The highest BCUT2D eigenvalue weighted by molar-refractivity contribution is 5.75. The van der Waals surface area contributed by atoms with Crippen molar-refractivity contribution in [1.29, 1.82) is 0 Å². The molecule has 0 aromatic carbocycles. The fraction of sp³-hybridized carbons (Fsp3) is 0.765. The summed E-state index contributed by atoms with van der Waals surface area (Å²) in [4.78, 5) is 12.0. The second kappa shape index (κ2) is 7.77. The van der Waals surface area contributed by atoms with Crippen LogP contribution in [-0.2, 0) is 16.1 Å². The largest absolute Gasteiger partial charge is 0.384 e. The first-order valence-corrected chi connectivity index (χ1v) is 8.31. The molecule has 1 aromatic heterocycles. The Hall–Kier alpha value is -1.36. The van der Waals surface area contributed by atoms with Crippen molar-refractivity contribution in [1.82, 2.24) is 15.1 Å². The van der Waals surface area contributed by atoms with Gasteiger partial charge in [-0.05, 0) is 39.2 Å². The average Bonchev–Trinajstić information content (AvgIpc) is 3.05. The number of amides is 1. The quantitative estimate of drug-likeness (QED) is 0.803. The molecular formula is C17H29N3O2. The van der Waals surface area contributed by atoms with Crippen molar-refractivity contribution in [2.24, 2.45) is 5.41 Å². The third-order valence-corrected chi connectivity index (χ3v) is 4.65. The average molecular weight is 307 g/mol. The second-order valence-electron chi connectivity index (χ2n) is 6.67. The van der Waals surface area contributed by atoms with Crippen molar-refractivity contribution >= 4 is 5.91 Å². The van der Waals surface area contributed by atoms with Gasteiger partial charge in [-0.1, -0.05) is 12.8 Å². The van der Waals surface area contributed by atoms with E-state index in [1.165, 1.54) is 12.8 Å². The van der Waals surface area contributed by atoms with E-state index >= 15 is 0 Å². The Bertz CT molecular complexity index is 490. The summed E-state index contributed by atoms with van der Waals surface area (Å²) in [5.74, 6) is 0.143. The standard InChI is InChI=1S/C17H29N3O2/c1-14-11-15(2)20(19-14)10-6-7-16(21)18-12-17(13-22-3)8-4-5-9-17/h11H,4-10,12-13H2,1-3H3,(H,18,21). The molecule has 1 aliphatic carbocycles. The molecule has 1 amide bonds. The number of methoxy groups -OCH3 is 1. The van der Waals surface area contributed by atoms with Gasteiger partial charge in [-0.25, -0.2) is 0 Å². The van der Waals surface area contributed by atoms with Gasteiger partial charge >= 0.3 is 0 Å². The van der Waals surface area contributed by atoms with Crippen molar-refractivity contribution in [2.75, 3.05) is 20.3 Å². The summed E-state index contributed by atoms with van der Waals surface area (Å²) in [6.45, 7) is 6.34. The van der Waals surface area contributed by atoms with Gasteiger partial charge in [0, 0.05) is 37.7 Å². The number of rotatable bonds is 8. The zero-order valence-electron chi connectivity index (χ0n) is 14.2. The first-order valence-electron chi connectivity index (χ1n) is 8.31. The smallest absolute Gasteiger partial charge is 0.220 e. The van der Waals surface area contributed by atoms with Gasteiger partial charge in [0.1, 0.15) is 0 Å². The van der Waals surface area contributed by atoms with E-state index in [9.17, 15) is 4.79 Å². The molecule has 1 saturated carbocycles. The van der Waals surface area contributed by atoms with E-state index < -0.39 is 0 Å². The molecule has 2 rings (SSSR count). The number of hydrogen-bond acceptors (Lipinski definition) is 3. The highest BCUT2D eigenvalue weighted by atomic mass is 16.5. The van der Waals surface area contributed by atoms with Crippen LogP contribution in [0.5, 0.6) is 0 Å². The molecule has 1 fully saturated rings. The van der Waals surface area contributed by atoms with E-state index in [2.05, 4.69) is 23.4 Å². The van der Waals surface area contributed by atoms with E-state index in [4.69, 9.17) is 4.74 Å². The first kappa shape index (κ1) is 17.0. The second-order valence-corrected chi connectivity index (χ2v) is 6.67. The van der Waals surface area contributed by atoms with Crippen LogP contribution >= 0.6 is 0 Å². The summed E-state index contributed by atoms with van der Waals surface area (Å²) >= 11 is 0. The van der Waals surface area contributed by atoms with Crippen LogP contribution in [0.4, 0.5) is 0 Å². The van der Waals surface area contributed by atoms with E-state index in [-0.39, 0.29) is 11.3 Å². The summed E-state index contributed by atoms with van der Waals surface area (Å²) in [7, 11) is 1.75. The van der Waals surface area contributed by atoms with Crippen LogP contribution in [0.3, 0.4) is 0 Å². The van der Waals surface area contributed by atoms with Crippen LogP contribution in [0.25, 0.3) is 0 Å². The lowest BCUT2D eigenvalue weighted by Crippen LogP contribution is -2.38. The van der Waals surface area contributed by atoms with Crippen LogP contribution in [0, 0.1) is 19.3 Å². The van der Waals surface area contributed by atoms with Crippen LogP contribution in [0.2, 0.25) is 0 Å². The molecule has 0 saturated heterocycles. The van der Waals surface area contributed by atoms with Gasteiger partial charge in [0.15, 0.2) is 0 Å². The van der Waals surface area contributed by atoms with Gasteiger partial charge in [0.2, 0.25) is 5.91 Å². The molecule has 1 heterocycles. The first-order chi connectivity index (χ1) is 10.5. The molecule has 0 radical (unpaired) electrons. The lowest BCUT2D eigenvalue weighted by molar-refractivity contribution is -0.122. The SMILES string of the molecule is COCC1(CNC(=O)CCCn2nc(C)cc2C)CCCC1. The third kappa shape index (κ3) is 4.57. The van der Waals surface area contributed by atoms with Gasteiger partial charge in [-0.15, -0.1) is 0 Å². The molecule has 5 heteroatoms. The maximum atomic E-state index is 12.0. The third-order valence-electron chi connectivity index (χ3n) is 4.65. The molecule has 1 aromatic rings. The predicted molar refractivity (Wildman–Crippen MR) is 86.7 cm³/mol. The van der Waals surface area contributed by atoms with E-state index in [0.29, 0.717) is 6.42 Å². The molecule has 5 nitrogen and oxygen atoms in total. The highest BCUT2D eigenvalue weighted by Crippen LogP contribution is 2.37. The number of carbonyl (C=O) groups is 1. The minimum atomic E-state index is 0.143. The minimum absolute atomic E-state index is 0.143. The highest BCUT2D eigenvalue weighted by Gasteiger charge is 2.34. The Kier molecular flexibility index (Phi) is 6.00. The summed E-state index contributed by atoms with van der Waals surface area (Å²) in [6.07, 6.45) is 6.19. The zero-order chi connectivity index (χ0) is 16.0. The summed E-state index contributed by atoms with van der Waals surface area (Å²) in [6, 6.07) is 2.06.